The van der Waals surface area contributed by atoms with Crippen LogP contribution < -0.4 is 5.32 Å². The number of rotatable bonds is 5. The number of nitrogens with zero attached hydrogens (tertiary/aromatic N) is 2. The Labute approximate surface area is 112 Å². The van der Waals surface area contributed by atoms with E-state index in [1.54, 1.807) is 0 Å². The lowest BCUT2D eigenvalue weighted by molar-refractivity contribution is 0.109. The van der Waals surface area contributed by atoms with Crippen LogP contribution in [0.15, 0.2) is 0 Å². The van der Waals surface area contributed by atoms with E-state index >= 15 is 0 Å². The van der Waals surface area contributed by atoms with Gasteiger partial charge < -0.3 is 4.90 Å². The fraction of sp³-hybridized carbons (Fsp3) is 0.933. The highest BCUT2D eigenvalue weighted by Crippen LogP contribution is 2.33. The Morgan fingerprint density at radius 3 is 2.67 bits per heavy atom. The molecule has 0 aromatic carbocycles. The molecule has 18 heavy (non-hydrogen) atoms. The van der Waals surface area contributed by atoms with Crippen LogP contribution in [0.1, 0.15) is 51.9 Å². The van der Waals surface area contributed by atoms with Gasteiger partial charge in [0.15, 0.2) is 0 Å². The highest BCUT2D eigenvalue weighted by Gasteiger charge is 2.37. The van der Waals surface area contributed by atoms with E-state index in [-0.39, 0.29) is 5.54 Å². The van der Waals surface area contributed by atoms with E-state index in [1.165, 1.54) is 38.6 Å². The van der Waals surface area contributed by atoms with Crippen LogP contribution in [0.2, 0.25) is 0 Å². The molecule has 2 fully saturated rings. The summed E-state index contributed by atoms with van der Waals surface area (Å²) in [6.45, 7) is 4.23. The third kappa shape index (κ3) is 3.05. The Balaban J connectivity index is 1.90. The summed E-state index contributed by atoms with van der Waals surface area (Å²) in [6, 6.07) is 3.14. The number of hydrogen-bond acceptors (Lipinski definition) is 3. The second-order valence-electron chi connectivity index (χ2n) is 6.21. The topological polar surface area (TPSA) is 39.1 Å². The van der Waals surface area contributed by atoms with E-state index in [2.05, 4.69) is 30.3 Å². The van der Waals surface area contributed by atoms with Crippen LogP contribution in [0.3, 0.4) is 0 Å². The average molecular weight is 249 g/mol. The normalized spacial score (nSPS) is 33.1. The molecule has 0 aromatic rings. The van der Waals surface area contributed by atoms with E-state index in [1.807, 2.05) is 0 Å². The largest absolute Gasteiger partial charge is 0.303 e. The molecule has 2 aliphatic rings. The SMILES string of the molecule is CCNC1(C#N)CCCC(N(C)CC2CCC2)C1. The maximum absolute atomic E-state index is 9.48. The fourth-order valence-electron chi connectivity index (χ4n) is 3.49. The van der Waals surface area contributed by atoms with Crippen molar-refractivity contribution in [2.75, 3.05) is 20.1 Å². The second-order valence-corrected chi connectivity index (χ2v) is 6.21. The van der Waals surface area contributed by atoms with Crippen LogP contribution >= 0.6 is 0 Å². The summed E-state index contributed by atoms with van der Waals surface area (Å²) in [5.74, 6) is 0.924. The molecule has 1 N–H and O–H groups in total. The molecule has 2 unspecified atom stereocenters. The number of nitriles is 1. The molecule has 0 saturated heterocycles. The molecular formula is C15H27N3. The summed E-state index contributed by atoms with van der Waals surface area (Å²) in [6.07, 6.45) is 8.70. The van der Waals surface area contributed by atoms with Crippen molar-refractivity contribution < 1.29 is 0 Å². The Morgan fingerprint density at radius 1 is 1.33 bits per heavy atom. The third-order valence-electron chi connectivity index (χ3n) is 4.85. The van der Waals surface area contributed by atoms with Gasteiger partial charge in [0.05, 0.1) is 6.07 Å². The van der Waals surface area contributed by atoms with Crippen LogP contribution in [-0.4, -0.2) is 36.6 Å². The molecule has 0 aromatic heterocycles. The van der Waals surface area contributed by atoms with Crippen molar-refractivity contribution in [2.45, 2.75) is 63.5 Å². The first kappa shape index (κ1) is 13.8. The summed E-state index contributed by atoms with van der Waals surface area (Å²) in [5.41, 5.74) is -0.258. The van der Waals surface area contributed by atoms with Gasteiger partial charge in [-0.1, -0.05) is 13.3 Å². The Bertz CT molecular complexity index is 301. The van der Waals surface area contributed by atoms with E-state index in [0.717, 1.165) is 25.3 Å². The van der Waals surface area contributed by atoms with Gasteiger partial charge in [-0.15, -0.1) is 0 Å². The monoisotopic (exact) mass is 249 g/mol. The van der Waals surface area contributed by atoms with Crippen LogP contribution in [0, 0.1) is 17.2 Å². The minimum absolute atomic E-state index is 0.258. The minimum Gasteiger partial charge on any atom is -0.303 e. The number of hydrogen-bond donors (Lipinski definition) is 1. The van der Waals surface area contributed by atoms with Gasteiger partial charge in [-0.2, -0.15) is 5.26 Å². The van der Waals surface area contributed by atoms with Crippen LogP contribution in [-0.2, 0) is 0 Å². The number of nitrogens with one attached hydrogen (secondary N) is 1. The van der Waals surface area contributed by atoms with Crippen LogP contribution in [0.4, 0.5) is 0 Å². The van der Waals surface area contributed by atoms with Gasteiger partial charge in [0.25, 0.3) is 0 Å². The first-order valence-corrected chi connectivity index (χ1v) is 7.55. The Hall–Kier alpha value is -0.590. The minimum atomic E-state index is -0.258. The lowest BCUT2D eigenvalue weighted by Gasteiger charge is -2.42. The van der Waals surface area contributed by atoms with Crippen molar-refractivity contribution in [3.63, 3.8) is 0 Å². The highest BCUT2D eigenvalue weighted by atomic mass is 15.1. The quantitative estimate of drug-likeness (QED) is 0.814. The summed E-state index contributed by atoms with van der Waals surface area (Å²) in [5, 5.41) is 12.9. The maximum Gasteiger partial charge on any atom is 0.108 e. The van der Waals surface area contributed by atoms with E-state index < -0.39 is 0 Å². The molecule has 2 aliphatic carbocycles. The average Bonchev–Trinajstić information content (AvgIpc) is 2.34. The molecule has 0 heterocycles. The standard InChI is InChI=1S/C15H27N3/c1-3-17-15(12-16)9-5-8-14(10-15)18(2)11-13-6-4-7-13/h13-14,17H,3-11H2,1-2H3. The zero-order valence-corrected chi connectivity index (χ0v) is 11.9. The van der Waals surface area contributed by atoms with Gasteiger partial charge in [-0.3, -0.25) is 5.32 Å². The summed E-state index contributed by atoms with van der Waals surface area (Å²) in [4.78, 5) is 2.52. The Morgan fingerprint density at radius 2 is 2.11 bits per heavy atom. The highest BCUT2D eigenvalue weighted by molar-refractivity contribution is 5.11. The van der Waals surface area contributed by atoms with E-state index in [0.29, 0.717) is 6.04 Å². The molecule has 0 amide bonds. The first-order chi connectivity index (χ1) is 8.69. The summed E-state index contributed by atoms with van der Waals surface area (Å²) >= 11 is 0. The van der Waals surface area contributed by atoms with Crippen molar-refractivity contribution in [3.8, 4) is 6.07 Å². The van der Waals surface area contributed by atoms with Crippen molar-refractivity contribution in [1.82, 2.24) is 10.2 Å². The molecule has 2 atom stereocenters. The Kier molecular flexibility index (Phi) is 4.64. The molecule has 102 valence electrons. The van der Waals surface area contributed by atoms with E-state index in [9.17, 15) is 5.26 Å². The molecule has 0 bridgehead atoms. The lowest BCUT2D eigenvalue weighted by Crippen LogP contribution is -2.52. The lowest BCUT2D eigenvalue weighted by atomic mass is 9.78. The molecular weight excluding hydrogens is 222 g/mol. The van der Waals surface area contributed by atoms with Gasteiger partial charge >= 0.3 is 0 Å². The van der Waals surface area contributed by atoms with Crippen molar-refractivity contribution >= 4 is 0 Å². The van der Waals surface area contributed by atoms with Gasteiger partial charge in [0, 0.05) is 12.6 Å². The summed E-state index contributed by atoms with van der Waals surface area (Å²) in [7, 11) is 2.25. The third-order valence-corrected chi connectivity index (χ3v) is 4.85. The predicted octanol–water partition coefficient (Wildman–Crippen LogP) is 2.53. The van der Waals surface area contributed by atoms with Crippen molar-refractivity contribution in [3.05, 3.63) is 0 Å². The van der Waals surface area contributed by atoms with Crippen molar-refractivity contribution in [1.29, 1.82) is 5.26 Å². The van der Waals surface area contributed by atoms with Gasteiger partial charge in [0.1, 0.15) is 5.54 Å². The molecule has 3 nitrogen and oxygen atoms in total. The van der Waals surface area contributed by atoms with Crippen molar-refractivity contribution in [2.24, 2.45) is 5.92 Å². The molecule has 3 heteroatoms. The van der Waals surface area contributed by atoms with Gasteiger partial charge in [-0.25, -0.2) is 0 Å². The molecule has 2 saturated carbocycles. The first-order valence-electron chi connectivity index (χ1n) is 7.55. The van der Waals surface area contributed by atoms with Crippen LogP contribution in [0.5, 0.6) is 0 Å². The predicted molar refractivity (Wildman–Crippen MR) is 74.2 cm³/mol. The molecule has 0 radical (unpaired) electrons. The summed E-state index contributed by atoms with van der Waals surface area (Å²) < 4.78 is 0. The zero-order valence-electron chi connectivity index (χ0n) is 11.9. The zero-order chi connectivity index (χ0) is 13.0. The van der Waals surface area contributed by atoms with Gasteiger partial charge in [-0.05, 0) is 58.0 Å². The smallest absolute Gasteiger partial charge is 0.108 e. The second kappa shape index (κ2) is 6.04. The van der Waals surface area contributed by atoms with Gasteiger partial charge in [0.2, 0.25) is 0 Å². The van der Waals surface area contributed by atoms with Crippen LogP contribution in [0.25, 0.3) is 0 Å². The molecule has 0 aliphatic heterocycles. The fourth-order valence-corrected chi connectivity index (χ4v) is 3.49. The molecule has 0 spiro atoms. The van der Waals surface area contributed by atoms with E-state index in [4.69, 9.17) is 0 Å². The molecule has 2 rings (SSSR count). The maximum atomic E-state index is 9.48.